The predicted molar refractivity (Wildman–Crippen MR) is 73.4 cm³/mol. The normalized spacial score (nSPS) is 20.7. The molecule has 1 atom stereocenters. The molecule has 1 aromatic carbocycles. The second-order valence-electron chi connectivity index (χ2n) is 3.89. The molecule has 0 bridgehead atoms. The van der Waals surface area contributed by atoms with Crippen molar-refractivity contribution in [1.82, 2.24) is 10.0 Å². The molecular weight excluding hydrogens is 372 g/mol. The van der Waals surface area contributed by atoms with Gasteiger partial charge in [0.15, 0.2) is 0 Å². The fourth-order valence-corrected chi connectivity index (χ4v) is 4.75. The Labute approximate surface area is 117 Å². The number of sulfonamides is 1. The van der Waals surface area contributed by atoms with E-state index >= 15 is 0 Å². The number of rotatable bonds is 3. The van der Waals surface area contributed by atoms with Crippen molar-refractivity contribution in [1.29, 1.82) is 0 Å². The lowest BCUT2D eigenvalue weighted by molar-refractivity contribution is 0.559. The van der Waals surface area contributed by atoms with Gasteiger partial charge >= 0.3 is 0 Å². The Bertz CT molecular complexity index is 513. The summed E-state index contributed by atoms with van der Waals surface area (Å²) in [6.45, 7) is 1.54. The Kier molecular flexibility index (Phi) is 4.25. The lowest BCUT2D eigenvalue weighted by Gasteiger charge is -2.13. The Balaban J connectivity index is 2.24. The molecule has 17 heavy (non-hydrogen) atoms. The van der Waals surface area contributed by atoms with Crippen molar-refractivity contribution in [2.24, 2.45) is 0 Å². The SMILES string of the molecule is O=S(=O)(N[C@H]1CCNC1)c1ccc(Br)cc1Br. The zero-order valence-electron chi connectivity index (χ0n) is 8.91. The zero-order chi connectivity index (χ0) is 12.5. The molecule has 0 unspecified atom stereocenters. The van der Waals surface area contributed by atoms with Gasteiger partial charge in [0.2, 0.25) is 10.0 Å². The summed E-state index contributed by atoms with van der Waals surface area (Å²) in [5, 5.41) is 3.12. The number of benzene rings is 1. The van der Waals surface area contributed by atoms with E-state index in [-0.39, 0.29) is 10.9 Å². The first-order valence-corrected chi connectivity index (χ1v) is 8.24. The molecule has 1 fully saturated rings. The molecule has 0 aliphatic carbocycles. The maximum Gasteiger partial charge on any atom is 0.241 e. The van der Waals surface area contributed by atoms with Gasteiger partial charge in [-0.1, -0.05) is 15.9 Å². The first-order valence-electron chi connectivity index (χ1n) is 5.17. The molecule has 0 aromatic heterocycles. The minimum atomic E-state index is -3.45. The molecule has 7 heteroatoms. The molecule has 2 N–H and O–H groups in total. The van der Waals surface area contributed by atoms with Gasteiger partial charge in [-0.15, -0.1) is 0 Å². The Morgan fingerprint density at radius 1 is 1.35 bits per heavy atom. The maximum atomic E-state index is 12.1. The molecule has 0 amide bonds. The van der Waals surface area contributed by atoms with Gasteiger partial charge in [-0.3, -0.25) is 0 Å². The Hall–Kier alpha value is 0.0500. The summed E-state index contributed by atoms with van der Waals surface area (Å²) in [5.41, 5.74) is 0. The van der Waals surface area contributed by atoms with Crippen LogP contribution >= 0.6 is 31.9 Å². The van der Waals surface area contributed by atoms with Crippen LogP contribution in [0.1, 0.15) is 6.42 Å². The summed E-state index contributed by atoms with van der Waals surface area (Å²) in [5.74, 6) is 0. The van der Waals surface area contributed by atoms with Crippen LogP contribution in [-0.4, -0.2) is 27.5 Å². The first kappa shape index (κ1) is 13.5. The average Bonchev–Trinajstić information content (AvgIpc) is 2.68. The number of halogens is 2. The number of hydrogen-bond donors (Lipinski definition) is 2. The third kappa shape index (κ3) is 3.29. The van der Waals surface area contributed by atoms with E-state index in [0.717, 1.165) is 17.4 Å². The largest absolute Gasteiger partial charge is 0.315 e. The van der Waals surface area contributed by atoms with E-state index in [2.05, 4.69) is 41.9 Å². The van der Waals surface area contributed by atoms with Gasteiger partial charge in [0.05, 0.1) is 4.90 Å². The van der Waals surface area contributed by atoms with Gasteiger partial charge in [-0.2, -0.15) is 0 Å². The van der Waals surface area contributed by atoms with E-state index in [0.29, 0.717) is 11.0 Å². The van der Waals surface area contributed by atoms with Gasteiger partial charge in [0, 0.05) is 21.5 Å². The van der Waals surface area contributed by atoms with Crippen molar-refractivity contribution in [2.45, 2.75) is 17.4 Å². The second-order valence-corrected chi connectivity index (χ2v) is 7.34. The van der Waals surface area contributed by atoms with Crippen LogP contribution < -0.4 is 10.0 Å². The van der Waals surface area contributed by atoms with Crippen LogP contribution in [0, 0.1) is 0 Å². The lowest BCUT2D eigenvalue weighted by atomic mass is 10.3. The van der Waals surface area contributed by atoms with E-state index in [1.807, 2.05) is 0 Å². The maximum absolute atomic E-state index is 12.1. The van der Waals surface area contributed by atoms with E-state index in [4.69, 9.17) is 0 Å². The van der Waals surface area contributed by atoms with Crippen molar-refractivity contribution in [3.05, 3.63) is 27.1 Å². The van der Waals surface area contributed by atoms with Crippen LogP contribution in [0.4, 0.5) is 0 Å². The fourth-order valence-electron chi connectivity index (χ4n) is 1.73. The highest BCUT2D eigenvalue weighted by Gasteiger charge is 2.24. The zero-order valence-corrected chi connectivity index (χ0v) is 12.9. The number of nitrogens with one attached hydrogen (secondary N) is 2. The third-order valence-electron chi connectivity index (χ3n) is 2.57. The van der Waals surface area contributed by atoms with E-state index < -0.39 is 10.0 Å². The monoisotopic (exact) mass is 382 g/mol. The first-order chi connectivity index (χ1) is 7.99. The molecular formula is C10H12Br2N2O2S. The van der Waals surface area contributed by atoms with Crippen LogP contribution in [0.3, 0.4) is 0 Å². The molecule has 0 spiro atoms. The third-order valence-corrected chi connectivity index (χ3v) is 5.56. The summed E-state index contributed by atoms with van der Waals surface area (Å²) in [4.78, 5) is 0.271. The van der Waals surface area contributed by atoms with Crippen LogP contribution in [0.2, 0.25) is 0 Å². The minimum absolute atomic E-state index is 0.0180. The topological polar surface area (TPSA) is 58.2 Å². The van der Waals surface area contributed by atoms with Crippen LogP contribution in [-0.2, 0) is 10.0 Å². The van der Waals surface area contributed by atoms with Gasteiger partial charge < -0.3 is 5.32 Å². The van der Waals surface area contributed by atoms with E-state index in [9.17, 15) is 8.42 Å². The highest BCUT2D eigenvalue weighted by molar-refractivity contribution is 9.11. The van der Waals surface area contributed by atoms with Crippen molar-refractivity contribution in [3.63, 3.8) is 0 Å². The van der Waals surface area contributed by atoms with Crippen LogP contribution in [0.25, 0.3) is 0 Å². The second kappa shape index (κ2) is 5.36. The number of hydrogen-bond acceptors (Lipinski definition) is 3. The van der Waals surface area contributed by atoms with Crippen molar-refractivity contribution < 1.29 is 8.42 Å². The fraction of sp³-hybridized carbons (Fsp3) is 0.400. The summed E-state index contributed by atoms with van der Waals surface area (Å²) >= 11 is 6.56. The van der Waals surface area contributed by atoms with Gasteiger partial charge in [-0.25, -0.2) is 13.1 Å². The molecule has 0 saturated carbocycles. The van der Waals surface area contributed by atoms with Gasteiger partial charge in [0.25, 0.3) is 0 Å². The average molecular weight is 384 g/mol. The quantitative estimate of drug-likeness (QED) is 0.837. The molecule has 1 heterocycles. The predicted octanol–water partition coefficient (Wildman–Crippen LogP) is 1.85. The summed E-state index contributed by atoms with van der Waals surface area (Å²) < 4.78 is 28.4. The Morgan fingerprint density at radius 2 is 2.12 bits per heavy atom. The van der Waals surface area contributed by atoms with E-state index in [1.165, 1.54) is 0 Å². The van der Waals surface area contributed by atoms with Gasteiger partial charge in [-0.05, 0) is 47.1 Å². The standard InChI is InChI=1S/C10H12Br2N2O2S/c11-7-1-2-10(9(12)5-7)17(15,16)14-8-3-4-13-6-8/h1-2,5,8,13-14H,3-4,6H2/t8-/m0/s1. The van der Waals surface area contributed by atoms with Crippen molar-refractivity contribution in [2.75, 3.05) is 13.1 Å². The minimum Gasteiger partial charge on any atom is -0.315 e. The van der Waals surface area contributed by atoms with Crippen LogP contribution in [0.5, 0.6) is 0 Å². The summed E-state index contributed by atoms with van der Waals surface area (Å²) in [7, 11) is -3.45. The lowest BCUT2D eigenvalue weighted by Crippen LogP contribution is -2.36. The highest BCUT2D eigenvalue weighted by Crippen LogP contribution is 2.25. The molecule has 2 rings (SSSR count). The van der Waals surface area contributed by atoms with E-state index in [1.54, 1.807) is 18.2 Å². The molecule has 94 valence electrons. The summed E-state index contributed by atoms with van der Waals surface area (Å²) in [6.07, 6.45) is 0.827. The summed E-state index contributed by atoms with van der Waals surface area (Å²) in [6, 6.07) is 5.00. The molecule has 1 aromatic rings. The molecule has 1 aliphatic rings. The van der Waals surface area contributed by atoms with Gasteiger partial charge in [0.1, 0.15) is 0 Å². The molecule has 4 nitrogen and oxygen atoms in total. The molecule has 0 radical (unpaired) electrons. The van der Waals surface area contributed by atoms with Crippen molar-refractivity contribution in [3.8, 4) is 0 Å². The Morgan fingerprint density at radius 3 is 2.71 bits per heavy atom. The van der Waals surface area contributed by atoms with Crippen molar-refractivity contribution >= 4 is 41.9 Å². The van der Waals surface area contributed by atoms with Crippen LogP contribution in [0.15, 0.2) is 32.0 Å². The molecule has 1 saturated heterocycles. The highest BCUT2D eigenvalue weighted by atomic mass is 79.9. The molecule has 1 aliphatic heterocycles. The smallest absolute Gasteiger partial charge is 0.241 e.